The Bertz CT molecular complexity index is 427. The lowest BCUT2D eigenvalue weighted by Crippen LogP contribution is -2.30. The molecule has 2 rings (SSSR count). The third-order valence-corrected chi connectivity index (χ3v) is 4.52. The number of aromatic nitrogens is 2. The quantitative estimate of drug-likeness (QED) is 0.900. The summed E-state index contributed by atoms with van der Waals surface area (Å²) in [5.41, 5.74) is 2.15. The van der Waals surface area contributed by atoms with Crippen LogP contribution in [0, 0.1) is 12.8 Å². The fourth-order valence-corrected chi connectivity index (χ4v) is 3.02. The molecule has 0 radical (unpaired) electrons. The van der Waals surface area contributed by atoms with Gasteiger partial charge in [0.25, 0.3) is 0 Å². The van der Waals surface area contributed by atoms with E-state index in [1.807, 2.05) is 14.0 Å². The maximum Gasteiger partial charge on any atom is 0.131 e. The third-order valence-electron chi connectivity index (χ3n) is 4.05. The highest BCUT2D eigenvalue weighted by Gasteiger charge is 2.23. The number of nitrogens with one attached hydrogen (secondary N) is 1. The zero-order valence-corrected chi connectivity index (χ0v) is 13.2. The highest BCUT2D eigenvalue weighted by atomic mass is 35.5. The molecule has 1 atom stereocenters. The van der Waals surface area contributed by atoms with Crippen LogP contribution < -0.4 is 5.32 Å². The highest BCUT2D eigenvalue weighted by Crippen LogP contribution is 2.20. The number of nitrogens with zero attached hydrogens (tertiary/aromatic N) is 3. The minimum Gasteiger partial charge on any atom is -0.312 e. The van der Waals surface area contributed by atoms with E-state index in [0.29, 0.717) is 6.04 Å². The fraction of sp³-hybridized carbons (Fsp3) is 0.786. The van der Waals surface area contributed by atoms with Gasteiger partial charge >= 0.3 is 0 Å². The molecule has 0 bridgehead atoms. The molecule has 1 aliphatic heterocycles. The third kappa shape index (κ3) is 3.50. The summed E-state index contributed by atoms with van der Waals surface area (Å²) in [6, 6.07) is 0.667. The normalized spacial score (nSPS) is 20.6. The Hall–Kier alpha value is -0.580. The monoisotopic (exact) mass is 284 g/mol. The second kappa shape index (κ2) is 6.25. The first kappa shape index (κ1) is 14.8. The van der Waals surface area contributed by atoms with Crippen molar-refractivity contribution in [2.75, 3.05) is 19.6 Å². The van der Waals surface area contributed by atoms with Gasteiger partial charge in [-0.3, -0.25) is 4.68 Å². The molecule has 1 unspecified atom stereocenters. The van der Waals surface area contributed by atoms with Crippen LogP contribution in [0.5, 0.6) is 0 Å². The number of hydrogen-bond donors (Lipinski definition) is 1. The molecule has 0 amide bonds. The van der Waals surface area contributed by atoms with E-state index in [4.69, 9.17) is 11.6 Å². The molecule has 1 aromatic heterocycles. The molecule has 0 saturated carbocycles. The highest BCUT2D eigenvalue weighted by molar-refractivity contribution is 6.30. The largest absolute Gasteiger partial charge is 0.312 e. The van der Waals surface area contributed by atoms with Gasteiger partial charge in [-0.15, -0.1) is 0 Å². The van der Waals surface area contributed by atoms with E-state index in [0.717, 1.165) is 35.4 Å². The van der Waals surface area contributed by atoms with Crippen LogP contribution in [0.3, 0.4) is 0 Å². The maximum atomic E-state index is 6.23. The van der Waals surface area contributed by atoms with Crippen molar-refractivity contribution in [3.63, 3.8) is 0 Å². The SMILES string of the molecule is Cc1nn(C)c(Cl)c1CNCC1CCN(C(C)C)C1. The molecule has 108 valence electrons. The second-order valence-electron chi connectivity index (χ2n) is 5.85. The fourth-order valence-electron chi connectivity index (χ4n) is 2.77. The van der Waals surface area contributed by atoms with Crippen LogP contribution in [-0.2, 0) is 13.6 Å². The zero-order chi connectivity index (χ0) is 14.0. The van der Waals surface area contributed by atoms with Crippen molar-refractivity contribution in [2.24, 2.45) is 13.0 Å². The molecule has 0 aliphatic carbocycles. The van der Waals surface area contributed by atoms with Crippen LogP contribution in [0.2, 0.25) is 5.15 Å². The van der Waals surface area contributed by atoms with Gasteiger partial charge in [0, 0.05) is 31.7 Å². The number of rotatable bonds is 5. The van der Waals surface area contributed by atoms with Gasteiger partial charge in [0.1, 0.15) is 5.15 Å². The number of likely N-dealkylation sites (tertiary alicyclic amines) is 1. The van der Waals surface area contributed by atoms with E-state index in [2.05, 4.69) is 29.2 Å². The second-order valence-corrected chi connectivity index (χ2v) is 6.21. The Kier molecular flexibility index (Phi) is 4.87. The first-order valence-corrected chi connectivity index (χ1v) is 7.49. The molecule has 1 saturated heterocycles. The average molecular weight is 285 g/mol. The van der Waals surface area contributed by atoms with Gasteiger partial charge in [-0.05, 0) is 46.2 Å². The molecule has 0 aromatic carbocycles. The van der Waals surface area contributed by atoms with Crippen LogP contribution >= 0.6 is 11.6 Å². The van der Waals surface area contributed by atoms with Crippen LogP contribution in [0.4, 0.5) is 0 Å². The molecule has 4 nitrogen and oxygen atoms in total. The predicted molar refractivity (Wildman–Crippen MR) is 79.5 cm³/mol. The molecule has 5 heteroatoms. The number of hydrogen-bond acceptors (Lipinski definition) is 3. The van der Waals surface area contributed by atoms with Crippen LogP contribution in [-0.4, -0.2) is 40.4 Å². The summed E-state index contributed by atoms with van der Waals surface area (Å²) < 4.78 is 1.74. The Labute approximate surface area is 121 Å². The molecule has 1 aromatic rings. The van der Waals surface area contributed by atoms with Crippen LogP contribution in [0.1, 0.15) is 31.5 Å². The lowest BCUT2D eigenvalue weighted by molar-refractivity contribution is 0.264. The van der Waals surface area contributed by atoms with E-state index >= 15 is 0 Å². The van der Waals surface area contributed by atoms with E-state index in [9.17, 15) is 0 Å². The molecular weight excluding hydrogens is 260 g/mol. The number of aryl methyl sites for hydroxylation is 2. The Balaban J connectivity index is 1.78. The van der Waals surface area contributed by atoms with Gasteiger partial charge in [0.05, 0.1) is 5.69 Å². The van der Waals surface area contributed by atoms with Crippen LogP contribution in [0.25, 0.3) is 0 Å². The smallest absolute Gasteiger partial charge is 0.131 e. The van der Waals surface area contributed by atoms with E-state index in [1.165, 1.54) is 19.5 Å². The van der Waals surface area contributed by atoms with E-state index in [1.54, 1.807) is 4.68 Å². The molecular formula is C14H25ClN4. The van der Waals surface area contributed by atoms with E-state index in [-0.39, 0.29) is 0 Å². The molecule has 19 heavy (non-hydrogen) atoms. The van der Waals surface area contributed by atoms with Crippen LogP contribution in [0.15, 0.2) is 0 Å². The summed E-state index contributed by atoms with van der Waals surface area (Å²) in [5, 5.41) is 8.62. The summed E-state index contributed by atoms with van der Waals surface area (Å²) in [6.45, 7) is 10.9. The van der Waals surface area contributed by atoms with Crippen molar-refractivity contribution in [1.82, 2.24) is 20.0 Å². The zero-order valence-electron chi connectivity index (χ0n) is 12.4. The summed E-state index contributed by atoms with van der Waals surface area (Å²) in [6.07, 6.45) is 1.30. The first-order chi connectivity index (χ1) is 8.99. The Morgan fingerprint density at radius 3 is 2.74 bits per heavy atom. The maximum absolute atomic E-state index is 6.23. The minimum absolute atomic E-state index is 0.667. The Morgan fingerprint density at radius 2 is 2.21 bits per heavy atom. The molecule has 1 N–H and O–H groups in total. The van der Waals surface area contributed by atoms with E-state index < -0.39 is 0 Å². The van der Waals surface area contributed by atoms with Gasteiger partial charge in [-0.1, -0.05) is 11.6 Å². The lowest BCUT2D eigenvalue weighted by atomic mass is 10.1. The van der Waals surface area contributed by atoms with Gasteiger partial charge in [-0.25, -0.2) is 0 Å². The van der Waals surface area contributed by atoms with Crippen molar-refractivity contribution in [2.45, 2.75) is 39.8 Å². The lowest BCUT2D eigenvalue weighted by Gasteiger charge is -2.20. The predicted octanol–water partition coefficient (Wildman–Crippen LogP) is 2.20. The number of halogens is 1. The van der Waals surface area contributed by atoms with Crippen molar-refractivity contribution in [3.8, 4) is 0 Å². The topological polar surface area (TPSA) is 33.1 Å². The van der Waals surface area contributed by atoms with Crippen molar-refractivity contribution in [1.29, 1.82) is 0 Å². The molecule has 0 spiro atoms. The first-order valence-electron chi connectivity index (χ1n) is 7.11. The van der Waals surface area contributed by atoms with Gasteiger partial charge in [-0.2, -0.15) is 5.10 Å². The molecule has 1 aliphatic rings. The molecule has 1 fully saturated rings. The molecule has 2 heterocycles. The van der Waals surface area contributed by atoms with Crippen molar-refractivity contribution < 1.29 is 0 Å². The minimum atomic E-state index is 0.667. The van der Waals surface area contributed by atoms with Gasteiger partial charge in [0.2, 0.25) is 0 Å². The summed E-state index contributed by atoms with van der Waals surface area (Å²) in [7, 11) is 1.89. The van der Waals surface area contributed by atoms with Crippen molar-refractivity contribution in [3.05, 3.63) is 16.4 Å². The standard InChI is InChI=1S/C14H25ClN4/c1-10(2)19-6-5-12(9-19)7-16-8-13-11(3)17-18(4)14(13)15/h10,12,16H,5-9H2,1-4H3. The van der Waals surface area contributed by atoms with Gasteiger partial charge < -0.3 is 10.2 Å². The van der Waals surface area contributed by atoms with Crippen molar-refractivity contribution >= 4 is 11.6 Å². The summed E-state index contributed by atoms with van der Waals surface area (Å²) in [4.78, 5) is 2.55. The Morgan fingerprint density at radius 1 is 1.47 bits per heavy atom. The average Bonchev–Trinajstić information content (AvgIpc) is 2.90. The summed E-state index contributed by atoms with van der Waals surface area (Å²) in [5.74, 6) is 0.762. The summed E-state index contributed by atoms with van der Waals surface area (Å²) >= 11 is 6.23. The van der Waals surface area contributed by atoms with Gasteiger partial charge in [0.15, 0.2) is 0 Å².